The van der Waals surface area contributed by atoms with Gasteiger partial charge in [-0.15, -0.1) is 0 Å². The first kappa shape index (κ1) is 14.4. The Kier molecular flexibility index (Phi) is 3.63. The first-order valence-electron chi connectivity index (χ1n) is 7.47. The van der Waals surface area contributed by atoms with Gasteiger partial charge in [0.1, 0.15) is 11.9 Å². The number of methoxy groups -OCH3 is 1. The molecule has 1 aliphatic carbocycles. The highest BCUT2D eigenvalue weighted by molar-refractivity contribution is 5.79. The lowest BCUT2D eigenvalue weighted by Gasteiger charge is -2.19. The third-order valence-corrected chi connectivity index (χ3v) is 4.46. The Hall–Kier alpha value is -1.59. The number of aliphatic hydroxyl groups is 1. The molecule has 0 amide bonds. The van der Waals surface area contributed by atoms with Gasteiger partial charge < -0.3 is 20.1 Å². The number of aliphatic hydroxyl groups excluding tert-OH is 1. The third kappa shape index (κ3) is 2.76. The minimum absolute atomic E-state index is 0.300. The molecule has 1 aromatic heterocycles. The fraction of sp³-hybridized carbons (Fsp3) is 0.562. The molecule has 1 aromatic carbocycles. The molecule has 1 heterocycles. The summed E-state index contributed by atoms with van der Waals surface area (Å²) in [4.78, 5) is 4.57. The summed E-state index contributed by atoms with van der Waals surface area (Å²) >= 11 is 0. The van der Waals surface area contributed by atoms with E-state index in [1.807, 2.05) is 18.2 Å². The smallest absolute Gasteiger partial charge is 0.138 e. The van der Waals surface area contributed by atoms with E-state index in [0.717, 1.165) is 36.4 Å². The van der Waals surface area contributed by atoms with Crippen LogP contribution in [0.15, 0.2) is 18.2 Å². The van der Waals surface area contributed by atoms with Crippen molar-refractivity contribution < 1.29 is 9.84 Å². The molecule has 3 N–H and O–H groups in total. The van der Waals surface area contributed by atoms with Crippen LogP contribution in [0.4, 0.5) is 5.69 Å². The Morgan fingerprint density at radius 1 is 1.48 bits per heavy atom. The highest BCUT2D eigenvalue weighted by Gasteiger charge is 2.43. The van der Waals surface area contributed by atoms with Crippen molar-refractivity contribution in [2.45, 2.75) is 38.8 Å². The van der Waals surface area contributed by atoms with E-state index in [9.17, 15) is 5.11 Å². The van der Waals surface area contributed by atoms with Crippen molar-refractivity contribution in [3.05, 3.63) is 24.0 Å². The summed E-state index contributed by atoms with van der Waals surface area (Å²) in [7, 11) is 1.74. The van der Waals surface area contributed by atoms with Crippen LogP contribution in [0, 0.1) is 5.41 Å². The van der Waals surface area contributed by atoms with Crippen LogP contribution < -0.4 is 5.73 Å². The quantitative estimate of drug-likeness (QED) is 0.801. The Balaban J connectivity index is 1.98. The maximum absolute atomic E-state index is 10.0. The van der Waals surface area contributed by atoms with Gasteiger partial charge in [0.15, 0.2) is 0 Å². The van der Waals surface area contributed by atoms with Crippen LogP contribution >= 0.6 is 0 Å². The molecule has 1 aliphatic rings. The number of aromatic nitrogens is 2. The number of hydrogen-bond donors (Lipinski definition) is 2. The van der Waals surface area contributed by atoms with Crippen LogP contribution in [0.25, 0.3) is 11.0 Å². The second kappa shape index (κ2) is 5.31. The molecule has 2 aromatic rings. The molecule has 0 bridgehead atoms. The molecular formula is C16H23N3O2. The van der Waals surface area contributed by atoms with Crippen molar-refractivity contribution in [3.8, 4) is 0 Å². The lowest BCUT2D eigenvalue weighted by Crippen LogP contribution is -2.17. The summed E-state index contributed by atoms with van der Waals surface area (Å²) in [6.07, 6.45) is 2.89. The Morgan fingerprint density at radius 3 is 2.86 bits per heavy atom. The largest absolute Gasteiger partial charge is 0.399 e. The number of ether oxygens (including phenoxy) is 1. The molecule has 3 rings (SSSR count). The fourth-order valence-corrected chi connectivity index (χ4v) is 2.97. The van der Waals surface area contributed by atoms with E-state index in [0.29, 0.717) is 11.1 Å². The molecule has 0 aliphatic heterocycles. The van der Waals surface area contributed by atoms with Crippen molar-refractivity contribution >= 4 is 16.7 Å². The summed E-state index contributed by atoms with van der Waals surface area (Å²) in [5.41, 5.74) is 8.74. The Morgan fingerprint density at radius 2 is 2.24 bits per heavy atom. The van der Waals surface area contributed by atoms with Gasteiger partial charge in [-0.25, -0.2) is 4.98 Å². The molecule has 1 fully saturated rings. The molecule has 0 radical (unpaired) electrons. The van der Waals surface area contributed by atoms with Gasteiger partial charge in [-0.1, -0.05) is 0 Å². The van der Waals surface area contributed by atoms with Gasteiger partial charge in [0, 0.05) is 25.9 Å². The van der Waals surface area contributed by atoms with Crippen molar-refractivity contribution in [1.29, 1.82) is 0 Å². The maximum atomic E-state index is 10.0. The topological polar surface area (TPSA) is 73.3 Å². The van der Waals surface area contributed by atoms with Gasteiger partial charge in [-0.3, -0.25) is 0 Å². The van der Waals surface area contributed by atoms with Gasteiger partial charge in [0.25, 0.3) is 0 Å². The number of nitrogens with zero attached hydrogens (tertiary/aromatic N) is 2. The van der Waals surface area contributed by atoms with Crippen LogP contribution in [-0.2, 0) is 11.3 Å². The first-order valence-corrected chi connectivity index (χ1v) is 7.47. The van der Waals surface area contributed by atoms with Crippen molar-refractivity contribution in [2.24, 2.45) is 5.41 Å². The molecule has 0 spiro atoms. The summed E-state index contributed by atoms with van der Waals surface area (Å²) in [6, 6.07) is 5.75. The average molecular weight is 289 g/mol. The normalized spacial score (nSPS) is 18.0. The lowest BCUT2D eigenvalue weighted by molar-refractivity contribution is 0.160. The van der Waals surface area contributed by atoms with Crippen LogP contribution in [0.1, 0.15) is 38.1 Å². The molecule has 1 atom stereocenters. The molecule has 21 heavy (non-hydrogen) atoms. The molecule has 5 nitrogen and oxygen atoms in total. The highest BCUT2D eigenvalue weighted by atomic mass is 16.5. The molecule has 0 saturated heterocycles. The number of benzene rings is 1. The third-order valence-electron chi connectivity index (χ3n) is 4.46. The van der Waals surface area contributed by atoms with Crippen molar-refractivity contribution in [3.63, 3.8) is 0 Å². The zero-order chi connectivity index (χ0) is 15.0. The van der Waals surface area contributed by atoms with Gasteiger partial charge >= 0.3 is 0 Å². The fourth-order valence-electron chi connectivity index (χ4n) is 2.97. The first-order chi connectivity index (χ1) is 10.0. The number of anilines is 1. The van der Waals surface area contributed by atoms with E-state index in [4.69, 9.17) is 10.5 Å². The minimum atomic E-state index is -0.586. The number of nitrogen functional groups attached to an aromatic ring is 1. The highest BCUT2D eigenvalue weighted by Crippen LogP contribution is 2.51. The second-order valence-corrected chi connectivity index (χ2v) is 6.22. The van der Waals surface area contributed by atoms with Crippen LogP contribution in [0.2, 0.25) is 0 Å². The molecule has 1 saturated carbocycles. The van der Waals surface area contributed by atoms with Crippen LogP contribution in [0.3, 0.4) is 0 Å². The van der Waals surface area contributed by atoms with E-state index >= 15 is 0 Å². The summed E-state index contributed by atoms with van der Waals surface area (Å²) in [6.45, 7) is 3.43. The van der Waals surface area contributed by atoms with Crippen LogP contribution in [-0.4, -0.2) is 28.4 Å². The van der Waals surface area contributed by atoms with Gasteiger partial charge in [-0.2, -0.15) is 0 Å². The van der Waals surface area contributed by atoms with E-state index in [1.54, 1.807) is 14.0 Å². The standard InChI is InChI=1S/C16H23N3O2/c1-11(20)15-18-13-9-12(17)3-4-14(13)19(15)10-16(5-6-16)7-8-21-2/h3-4,9,11,20H,5-8,10,17H2,1-2H3. The zero-order valence-electron chi connectivity index (χ0n) is 12.7. The van der Waals surface area contributed by atoms with E-state index in [2.05, 4.69) is 9.55 Å². The number of nitrogens with two attached hydrogens (primary N) is 1. The van der Waals surface area contributed by atoms with Gasteiger partial charge in [0.05, 0.1) is 11.0 Å². The molecule has 1 unspecified atom stereocenters. The van der Waals surface area contributed by atoms with Crippen molar-refractivity contribution in [1.82, 2.24) is 9.55 Å². The summed E-state index contributed by atoms with van der Waals surface area (Å²) < 4.78 is 7.38. The minimum Gasteiger partial charge on any atom is -0.399 e. The summed E-state index contributed by atoms with van der Waals surface area (Å²) in [5, 5.41) is 10.0. The lowest BCUT2D eigenvalue weighted by atomic mass is 10.0. The summed E-state index contributed by atoms with van der Waals surface area (Å²) in [5.74, 6) is 0.722. The van der Waals surface area contributed by atoms with Crippen molar-refractivity contribution in [2.75, 3.05) is 19.5 Å². The van der Waals surface area contributed by atoms with E-state index < -0.39 is 6.10 Å². The van der Waals surface area contributed by atoms with E-state index in [-0.39, 0.29) is 0 Å². The Bertz CT molecular complexity index is 644. The predicted molar refractivity (Wildman–Crippen MR) is 82.9 cm³/mol. The second-order valence-electron chi connectivity index (χ2n) is 6.22. The van der Waals surface area contributed by atoms with E-state index in [1.165, 1.54) is 12.8 Å². The van der Waals surface area contributed by atoms with Gasteiger partial charge in [0.2, 0.25) is 0 Å². The number of rotatable bonds is 6. The molecule has 5 heteroatoms. The molecular weight excluding hydrogens is 266 g/mol. The molecule has 114 valence electrons. The van der Waals surface area contributed by atoms with Crippen LogP contribution in [0.5, 0.6) is 0 Å². The number of hydrogen-bond acceptors (Lipinski definition) is 4. The maximum Gasteiger partial charge on any atom is 0.138 e. The average Bonchev–Trinajstić information content (AvgIpc) is 3.12. The number of imidazole rings is 1. The predicted octanol–water partition coefficient (Wildman–Crippen LogP) is 2.49. The SMILES string of the molecule is COCCC1(Cn2c(C(C)O)nc3cc(N)ccc32)CC1. The monoisotopic (exact) mass is 289 g/mol. The Labute approximate surface area is 124 Å². The van der Waals surface area contributed by atoms with Gasteiger partial charge in [-0.05, 0) is 49.8 Å². The zero-order valence-corrected chi connectivity index (χ0v) is 12.7. The number of fused-ring (bicyclic) bond motifs is 1.